The Balaban J connectivity index is 1.16. The molecule has 8 aromatic rings. The monoisotopic (exact) mass is 645 g/mol. The molecular weight excluding hydrogens is 611 g/mol. The van der Waals surface area contributed by atoms with Gasteiger partial charge in [-0.05, 0) is 76.2 Å². The maximum Gasteiger partial charge on any atom is 0.137 e. The first-order valence-corrected chi connectivity index (χ1v) is 17.1. The van der Waals surface area contributed by atoms with Gasteiger partial charge >= 0.3 is 0 Å². The summed E-state index contributed by atoms with van der Waals surface area (Å²) >= 11 is 0. The highest BCUT2D eigenvalue weighted by Gasteiger charge is 2.22. The van der Waals surface area contributed by atoms with Gasteiger partial charge in [0, 0.05) is 39.7 Å². The van der Waals surface area contributed by atoms with Crippen molar-refractivity contribution in [1.82, 2.24) is 9.55 Å². The van der Waals surface area contributed by atoms with Gasteiger partial charge in [0.1, 0.15) is 17.3 Å². The van der Waals surface area contributed by atoms with Crippen molar-refractivity contribution in [2.45, 2.75) is 26.2 Å². The Kier molecular flexibility index (Phi) is 6.99. The maximum atomic E-state index is 6.66. The number of benzene rings is 6. The molecule has 4 nitrogen and oxygen atoms in total. The van der Waals surface area contributed by atoms with Crippen LogP contribution in [0, 0.1) is 0 Å². The number of aliphatic imine (C=N–C) groups is 1. The Morgan fingerprint density at radius 3 is 1.96 bits per heavy atom. The highest BCUT2D eigenvalue weighted by Crippen LogP contribution is 2.42. The molecule has 2 aromatic heterocycles. The fraction of sp³-hybridized carbons (Fsp3) is 0.0870. The first-order valence-electron chi connectivity index (χ1n) is 17.1. The zero-order valence-corrected chi connectivity index (χ0v) is 28.3. The zero-order valence-electron chi connectivity index (χ0n) is 28.3. The number of fused-ring (bicyclic) bond motifs is 8. The van der Waals surface area contributed by atoms with Crippen LogP contribution in [-0.2, 0) is 5.41 Å². The second-order valence-electron chi connectivity index (χ2n) is 13.9. The lowest BCUT2D eigenvalue weighted by Crippen LogP contribution is -2.12. The van der Waals surface area contributed by atoms with Crippen LogP contribution in [0.15, 0.2) is 163 Å². The van der Waals surface area contributed by atoms with Crippen LogP contribution in [0.4, 0.5) is 5.69 Å². The fourth-order valence-electron chi connectivity index (χ4n) is 7.19. The lowest BCUT2D eigenvalue weighted by molar-refractivity contribution is 0.483. The van der Waals surface area contributed by atoms with Gasteiger partial charge in [0.25, 0.3) is 0 Å². The Morgan fingerprint density at radius 1 is 0.520 bits per heavy atom. The third-order valence-corrected chi connectivity index (χ3v) is 9.65. The molecule has 0 aliphatic carbocycles. The van der Waals surface area contributed by atoms with Gasteiger partial charge in [-0.25, -0.2) is 9.98 Å². The van der Waals surface area contributed by atoms with Crippen molar-refractivity contribution >= 4 is 33.2 Å². The maximum absolute atomic E-state index is 6.66. The summed E-state index contributed by atoms with van der Waals surface area (Å²) in [6, 6.07) is 53.0. The summed E-state index contributed by atoms with van der Waals surface area (Å²) in [5.74, 6) is 2.39. The second kappa shape index (κ2) is 11.7. The zero-order chi connectivity index (χ0) is 33.8. The molecule has 0 radical (unpaired) electrons. The molecule has 0 bridgehead atoms. The van der Waals surface area contributed by atoms with E-state index in [1.54, 1.807) is 0 Å². The van der Waals surface area contributed by atoms with E-state index >= 15 is 0 Å². The van der Waals surface area contributed by atoms with Crippen LogP contribution in [0.2, 0.25) is 0 Å². The highest BCUT2D eigenvalue weighted by atomic mass is 16.5. The molecule has 9 rings (SSSR count). The van der Waals surface area contributed by atoms with Gasteiger partial charge in [0.15, 0.2) is 0 Å². The first kappa shape index (κ1) is 29.8. The van der Waals surface area contributed by atoms with Gasteiger partial charge in [-0.1, -0.05) is 118 Å². The van der Waals surface area contributed by atoms with Gasteiger partial charge in [0.05, 0.1) is 22.4 Å². The van der Waals surface area contributed by atoms with E-state index in [4.69, 9.17) is 14.7 Å². The number of nitrogens with zero attached hydrogens (tertiary/aromatic N) is 3. The molecule has 240 valence electrons. The minimum absolute atomic E-state index is 0.00247. The number of pyridine rings is 1. The number of para-hydroxylation sites is 2. The molecule has 0 saturated carbocycles. The molecular formula is C46H35N3O. The number of aromatic nitrogens is 2. The van der Waals surface area contributed by atoms with E-state index in [1.165, 1.54) is 22.1 Å². The number of rotatable bonds is 4. The topological polar surface area (TPSA) is 39.4 Å². The van der Waals surface area contributed by atoms with Gasteiger partial charge in [0.2, 0.25) is 0 Å². The van der Waals surface area contributed by atoms with E-state index in [1.807, 2.05) is 18.3 Å². The van der Waals surface area contributed by atoms with Crippen molar-refractivity contribution in [2.24, 2.45) is 4.99 Å². The Labute approximate surface area is 292 Å². The van der Waals surface area contributed by atoms with Crippen molar-refractivity contribution in [2.75, 3.05) is 0 Å². The van der Waals surface area contributed by atoms with Gasteiger partial charge in [-0.15, -0.1) is 0 Å². The van der Waals surface area contributed by atoms with Crippen LogP contribution in [0.5, 0.6) is 11.5 Å². The van der Waals surface area contributed by atoms with E-state index < -0.39 is 0 Å². The van der Waals surface area contributed by atoms with Gasteiger partial charge in [-0.3, -0.25) is 4.57 Å². The van der Waals surface area contributed by atoms with Gasteiger partial charge in [-0.2, -0.15) is 0 Å². The summed E-state index contributed by atoms with van der Waals surface area (Å²) in [7, 11) is 0. The molecule has 1 aliphatic rings. The smallest absolute Gasteiger partial charge is 0.137 e. The highest BCUT2D eigenvalue weighted by molar-refractivity contribution is 6.19. The number of hydrogen-bond acceptors (Lipinski definition) is 3. The Bertz CT molecular complexity index is 2620. The lowest BCUT2D eigenvalue weighted by Gasteiger charge is -2.20. The molecule has 6 aromatic carbocycles. The minimum Gasteiger partial charge on any atom is -0.457 e. The van der Waals surface area contributed by atoms with Crippen LogP contribution < -0.4 is 4.74 Å². The van der Waals surface area contributed by atoms with Crippen LogP contribution >= 0.6 is 0 Å². The molecule has 0 fully saturated rings. The van der Waals surface area contributed by atoms with E-state index in [9.17, 15) is 0 Å². The van der Waals surface area contributed by atoms with Gasteiger partial charge < -0.3 is 4.74 Å². The average molecular weight is 646 g/mol. The predicted molar refractivity (Wildman–Crippen MR) is 206 cm³/mol. The van der Waals surface area contributed by atoms with E-state index in [-0.39, 0.29) is 5.41 Å². The standard InChI is InChI=1S/C46H35N3O/c1-46(2,3)31-25-26-47-44(28-31)49-42-22-11-9-19-38(42)39-24-23-33(29-43(39)49)50-32-14-12-13-30(27-32)45-40-20-7-6-17-36(40)34-15-4-5-16-35(34)37-18-8-10-21-41(37)48-45/h4-29H,1-3H3. The van der Waals surface area contributed by atoms with Crippen molar-refractivity contribution in [3.05, 3.63) is 175 Å². The normalized spacial score (nSPS) is 12.4. The summed E-state index contributed by atoms with van der Waals surface area (Å²) in [6.07, 6.45) is 1.91. The Morgan fingerprint density at radius 2 is 1.16 bits per heavy atom. The quantitative estimate of drug-likeness (QED) is 0.191. The molecule has 50 heavy (non-hydrogen) atoms. The summed E-state index contributed by atoms with van der Waals surface area (Å²) in [6.45, 7) is 6.70. The van der Waals surface area contributed by atoms with Crippen LogP contribution in [0.1, 0.15) is 37.5 Å². The van der Waals surface area contributed by atoms with Crippen molar-refractivity contribution in [1.29, 1.82) is 0 Å². The van der Waals surface area contributed by atoms with Crippen molar-refractivity contribution in [3.8, 4) is 39.6 Å². The molecule has 0 atom stereocenters. The van der Waals surface area contributed by atoms with Crippen LogP contribution in [0.3, 0.4) is 0 Å². The predicted octanol–water partition coefficient (Wildman–Crippen LogP) is 12.1. The Hall–Kier alpha value is -6.26. The number of hydrogen-bond donors (Lipinski definition) is 0. The molecule has 0 amide bonds. The van der Waals surface area contributed by atoms with E-state index in [0.717, 1.165) is 67.4 Å². The summed E-state index contributed by atoms with van der Waals surface area (Å²) in [5.41, 5.74) is 12.0. The van der Waals surface area contributed by atoms with Crippen LogP contribution in [-0.4, -0.2) is 15.3 Å². The molecule has 3 heterocycles. The average Bonchev–Trinajstić information content (AvgIpc) is 3.47. The SMILES string of the molecule is CC(C)(C)c1ccnc(-n2c3ccccc3c3ccc(Oc4cccc(C5=Nc6ccccc6-c6ccccc6-c6ccccc65)c4)cc32)c1. The lowest BCUT2D eigenvalue weighted by atomic mass is 9.87. The summed E-state index contributed by atoms with van der Waals surface area (Å²) < 4.78 is 8.91. The second-order valence-corrected chi connectivity index (χ2v) is 13.9. The van der Waals surface area contributed by atoms with Crippen molar-refractivity contribution < 1.29 is 4.74 Å². The molecule has 1 aliphatic heterocycles. The molecule has 4 heteroatoms. The molecule has 0 saturated heterocycles. The van der Waals surface area contributed by atoms with Crippen molar-refractivity contribution in [3.63, 3.8) is 0 Å². The third-order valence-electron chi connectivity index (χ3n) is 9.65. The molecule has 0 unspecified atom stereocenters. The third kappa shape index (κ3) is 5.08. The summed E-state index contributed by atoms with van der Waals surface area (Å²) in [5, 5.41) is 2.34. The first-order chi connectivity index (χ1) is 24.4. The molecule has 0 N–H and O–H groups in total. The summed E-state index contributed by atoms with van der Waals surface area (Å²) in [4.78, 5) is 10.2. The number of ether oxygens (including phenoxy) is 1. The molecule has 0 spiro atoms. The largest absolute Gasteiger partial charge is 0.457 e. The van der Waals surface area contributed by atoms with E-state index in [0.29, 0.717) is 0 Å². The fourth-order valence-corrected chi connectivity index (χ4v) is 7.19. The minimum atomic E-state index is 0.00247. The van der Waals surface area contributed by atoms with E-state index in [2.05, 4.69) is 165 Å². The van der Waals surface area contributed by atoms with Crippen LogP contribution in [0.25, 0.3) is 49.9 Å².